The van der Waals surface area contributed by atoms with Gasteiger partial charge >= 0.3 is 5.69 Å². The summed E-state index contributed by atoms with van der Waals surface area (Å²) >= 11 is 0. The van der Waals surface area contributed by atoms with Crippen LogP contribution in [0.5, 0.6) is 0 Å². The molecule has 0 saturated carbocycles. The molecule has 0 aliphatic heterocycles. The van der Waals surface area contributed by atoms with Crippen molar-refractivity contribution < 1.29 is 5.11 Å². The molecule has 7 heteroatoms. The van der Waals surface area contributed by atoms with Crippen LogP contribution in [0.15, 0.2) is 4.79 Å². The molecule has 0 saturated heterocycles. The summed E-state index contributed by atoms with van der Waals surface area (Å²) in [6.45, 7) is 4.16. The molecule has 1 unspecified atom stereocenters. The van der Waals surface area contributed by atoms with E-state index in [0.29, 0.717) is 29.8 Å². The zero-order chi connectivity index (χ0) is 13.3. The Morgan fingerprint density at radius 3 is 2.83 bits per heavy atom. The second kappa shape index (κ2) is 4.77. The molecule has 0 aromatic carbocycles. The van der Waals surface area contributed by atoms with Gasteiger partial charge in [0.15, 0.2) is 11.6 Å². The van der Waals surface area contributed by atoms with E-state index in [-0.39, 0.29) is 11.6 Å². The van der Waals surface area contributed by atoms with Crippen molar-refractivity contribution in [3.05, 3.63) is 16.2 Å². The summed E-state index contributed by atoms with van der Waals surface area (Å²) in [5.41, 5.74) is 6.91. The van der Waals surface area contributed by atoms with Gasteiger partial charge in [0.25, 0.3) is 0 Å². The highest BCUT2D eigenvalue weighted by Gasteiger charge is 2.15. The second-order valence-corrected chi connectivity index (χ2v) is 4.37. The lowest BCUT2D eigenvalue weighted by atomic mass is 10.2. The van der Waals surface area contributed by atoms with Crippen molar-refractivity contribution in [1.29, 1.82) is 0 Å². The molecular weight excluding hydrogens is 234 g/mol. The van der Waals surface area contributed by atoms with E-state index in [1.165, 1.54) is 4.57 Å². The third-order valence-corrected chi connectivity index (χ3v) is 2.64. The molecule has 0 spiro atoms. The molecule has 18 heavy (non-hydrogen) atoms. The Morgan fingerprint density at radius 1 is 1.50 bits per heavy atom. The summed E-state index contributed by atoms with van der Waals surface area (Å²) in [7, 11) is 0. The normalized spacial score (nSPS) is 13.1. The number of imidazole rings is 1. The van der Waals surface area contributed by atoms with Crippen LogP contribution in [0.3, 0.4) is 0 Å². The van der Waals surface area contributed by atoms with Crippen molar-refractivity contribution in [2.24, 2.45) is 0 Å². The molecule has 1 atom stereocenters. The SMILES string of the molecule is CCCn1c(=O)nc(CC(C)O)c2[nH]c(N)nc21. The lowest BCUT2D eigenvalue weighted by molar-refractivity contribution is 0.194. The molecule has 0 radical (unpaired) electrons. The van der Waals surface area contributed by atoms with Crippen molar-refractivity contribution in [2.75, 3.05) is 5.73 Å². The van der Waals surface area contributed by atoms with E-state index in [1.807, 2.05) is 6.92 Å². The van der Waals surface area contributed by atoms with E-state index in [4.69, 9.17) is 5.73 Å². The Balaban J connectivity index is 2.68. The lowest BCUT2D eigenvalue weighted by Crippen LogP contribution is -2.26. The van der Waals surface area contributed by atoms with E-state index in [2.05, 4.69) is 15.0 Å². The molecular formula is C11H17N5O2. The highest BCUT2D eigenvalue weighted by Crippen LogP contribution is 2.15. The average molecular weight is 251 g/mol. The Hall–Kier alpha value is -1.89. The summed E-state index contributed by atoms with van der Waals surface area (Å²) in [5, 5.41) is 9.42. The predicted octanol–water partition coefficient (Wildman–Crippen LogP) is 0.0351. The number of aliphatic hydroxyl groups is 1. The highest BCUT2D eigenvalue weighted by atomic mass is 16.3. The number of aryl methyl sites for hydroxylation is 1. The van der Waals surface area contributed by atoms with Crippen molar-refractivity contribution in [2.45, 2.75) is 39.3 Å². The third-order valence-electron chi connectivity index (χ3n) is 2.64. The average Bonchev–Trinajstić information content (AvgIpc) is 2.65. The molecule has 0 fully saturated rings. The number of fused-ring (bicyclic) bond motifs is 1. The molecule has 2 rings (SSSR count). The Labute approximate surface area is 104 Å². The van der Waals surface area contributed by atoms with Crippen LogP contribution in [0.4, 0.5) is 5.95 Å². The van der Waals surface area contributed by atoms with Gasteiger partial charge in [-0.05, 0) is 13.3 Å². The van der Waals surface area contributed by atoms with Crippen molar-refractivity contribution in [3.8, 4) is 0 Å². The number of nitrogens with zero attached hydrogens (tertiary/aromatic N) is 3. The Kier molecular flexibility index (Phi) is 3.33. The van der Waals surface area contributed by atoms with Gasteiger partial charge in [-0.3, -0.25) is 4.57 Å². The summed E-state index contributed by atoms with van der Waals surface area (Å²) in [6.07, 6.45) is 0.520. The number of nitrogens with one attached hydrogen (secondary N) is 1. The predicted molar refractivity (Wildman–Crippen MR) is 68.2 cm³/mol. The van der Waals surface area contributed by atoms with Crippen LogP contribution in [-0.2, 0) is 13.0 Å². The topological polar surface area (TPSA) is 110 Å². The first-order valence-corrected chi connectivity index (χ1v) is 5.96. The maximum Gasteiger partial charge on any atom is 0.349 e. The molecule has 2 aromatic rings. The van der Waals surface area contributed by atoms with Gasteiger partial charge in [0.1, 0.15) is 5.52 Å². The van der Waals surface area contributed by atoms with Crippen LogP contribution in [-0.4, -0.2) is 30.7 Å². The fraction of sp³-hybridized carbons (Fsp3) is 0.545. The number of nitrogens with two attached hydrogens (primary N) is 1. The maximum absolute atomic E-state index is 11.9. The molecule has 0 bridgehead atoms. The number of H-pyrrole nitrogens is 1. The number of nitrogen functional groups attached to an aromatic ring is 1. The number of hydrogen-bond donors (Lipinski definition) is 3. The van der Waals surface area contributed by atoms with Gasteiger partial charge in [-0.25, -0.2) is 4.79 Å². The number of hydrogen-bond acceptors (Lipinski definition) is 5. The first kappa shape index (κ1) is 12.6. The summed E-state index contributed by atoms with van der Waals surface area (Å²) in [5.74, 6) is 0.245. The summed E-state index contributed by atoms with van der Waals surface area (Å²) < 4.78 is 1.49. The van der Waals surface area contributed by atoms with Crippen LogP contribution < -0.4 is 11.4 Å². The van der Waals surface area contributed by atoms with E-state index in [1.54, 1.807) is 6.92 Å². The fourth-order valence-electron chi connectivity index (χ4n) is 1.95. The minimum Gasteiger partial charge on any atom is -0.393 e. The summed E-state index contributed by atoms with van der Waals surface area (Å²) in [4.78, 5) is 22.9. The number of aromatic amines is 1. The molecule has 0 aliphatic carbocycles. The number of rotatable bonds is 4. The maximum atomic E-state index is 11.9. The molecule has 0 aliphatic rings. The number of aromatic nitrogens is 4. The van der Waals surface area contributed by atoms with Crippen LogP contribution in [0.25, 0.3) is 11.2 Å². The molecule has 4 N–H and O–H groups in total. The molecule has 0 amide bonds. The zero-order valence-corrected chi connectivity index (χ0v) is 10.5. The van der Waals surface area contributed by atoms with Crippen LogP contribution >= 0.6 is 0 Å². The zero-order valence-electron chi connectivity index (χ0n) is 10.5. The van der Waals surface area contributed by atoms with Gasteiger partial charge < -0.3 is 15.8 Å². The van der Waals surface area contributed by atoms with E-state index in [9.17, 15) is 9.90 Å². The second-order valence-electron chi connectivity index (χ2n) is 4.37. The monoisotopic (exact) mass is 251 g/mol. The van der Waals surface area contributed by atoms with Crippen LogP contribution in [0.1, 0.15) is 26.0 Å². The lowest BCUT2D eigenvalue weighted by Gasteiger charge is -2.08. The third kappa shape index (κ3) is 2.21. The molecule has 2 aromatic heterocycles. The standard InChI is InChI=1S/C11H17N5O2/c1-3-4-16-9-8(14-10(12)15-9)7(5-6(2)17)13-11(16)18/h6,17H,3-5H2,1-2H3,(H3,12,14,15). The largest absolute Gasteiger partial charge is 0.393 e. The first-order chi connectivity index (χ1) is 8.52. The number of anilines is 1. The van der Waals surface area contributed by atoms with Crippen molar-refractivity contribution in [3.63, 3.8) is 0 Å². The van der Waals surface area contributed by atoms with E-state index >= 15 is 0 Å². The summed E-state index contributed by atoms with van der Waals surface area (Å²) in [6, 6.07) is 0. The van der Waals surface area contributed by atoms with Crippen LogP contribution in [0, 0.1) is 0 Å². The quantitative estimate of drug-likeness (QED) is 0.710. The van der Waals surface area contributed by atoms with Crippen LogP contribution in [0.2, 0.25) is 0 Å². The fourth-order valence-corrected chi connectivity index (χ4v) is 1.95. The van der Waals surface area contributed by atoms with Gasteiger partial charge in [-0.1, -0.05) is 6.92 Å². The molecule has 2 heterocycles. The first-order valence-electron chi connectivity index (χ1n) is 5.96. The Morgan fingerprint density at radius 2 is 2.22 bits per heavy atom. The minimum atomic E-state index is -0.577. The van der Waals surface area contributed by atoms with Gasteiger partial charge in [0, 0.05) is 13.0 Å². The van der Waals surface area contributed by atoms with Crippen molar-refractivity contribution in [1.82, 2.24) is 19.5 Å². The van der Waals surface area contributed by atoms with E-state index < -0.39 is 6.10 Å². The van der Waals surface area contributed by atoms with Gasteiger partial charge in [0.2, 0.25) is 0 Å². The smallest absolute Gasteiger partial charge is 0.349 e. The Bertz CT molecular complexity index is 614. The molecule has 7 nitrogen and oxygen atoms in total. The highest BCUT2D eigenvalue weighted by molar-refractivity contribution is 5.75. The molecule has 98 valence electrons. The number of aliphatic hydroxyl groups excluding tert-OH is 1. The van der Waals surface area contributed by atoms with Gasteiger partial charge in [0.05, 0.1) is 11.8 Å². The van der Waals surface area contributed by atoms with Gasteiger partial charge in [-0.15, -0.1) is 0 Å². The van der Waals surface area contributed by atoms with Gasteiger partial charge in [-0.2, -0.15) is 9.97 Å². The van der Waals surface area contributed by atoms with E-state index in [0.717, 1.165) is 6.42 Å². The van der Waals surface area contributed by atoms with Crippen molar-refractivity contribution >= 4 is 17.1 Å². The minimum absolute atomic E-state index is 0.245.